The van der Waals surface area contributed by atoms with E-state index >= 15 is 0 Å². The monoisotopic (exact) mass is 358 g/mol. The Morgan fingerprint density at radius 3 is 2.52 bits per heavy atom. The Morgan fingerprint density at radius 1 is 1.00 bits per heavy atom. The largest absolute Gasteiger partial charge is 0.357 e. The zero-order valence-corrected chi connectivity index (χ0v) is 15.3. The van der Waals surface area contributed by atoms with Crippen molar-refractivity contribution in [3.8, 4) is 0 Å². The molecule has 1 saturated heterocycles. The van der Waals surface area contributed by atoms with Crippen molar-refractivity contribution in [1.29, 1.82) is 0 Å². The summed E-state index contributed by atoms with van der Waals surface area (Å²) >= 11 is 0. The number of nitrogens with zero attached hydrogens (tertiary/aromatic N) is 1. The Labute approximate surface area is 158 Å². The maximum absolute atomic E-state index is 13.3. The van der Waals surface area contributed by atoms with E-state index in [4.69, 9.17) is 0 Å². The standard InChI is InChI=1S/C23H22N2O2/c1-2-8-14-13-17-20(21-19(14)16-11-6-7-12-18(16)24-21)23(27)25(22(17)26)15-9-4-3-5-10-15/h3-7,9-12,14,17,20,24H,2,8,13H2,1H3/t14-,17+,20+/m0/s1. The van der Waals surface area contributed by atoms with E-state index < -0.39 is 5.92 Å². The molecule has 2 heterocycles. The lowest BCUT2D eigenvalue weighted by Gasteiger charge is -2.29. The molecule has 0 spiro atoms. The van der Waals surface area contributed by atoms with Crippen LogP contribution >= 0.6 is 0 Å². The number of para-hydroxylation sites is 2. The van der Waals surface area contributed by atoms with Crippen LogP contribution in [-0.2, 0) is 9.59 Å². The first-order valence-corrected chi connectivity index (χ1v) is 9.74. The van der Waals surface area contributed by atoms with E-state index in [1.807, 2.05) is 42.5 Å². The summed E-state index contributed by atoms with van der Waals surface area (Å²) in [6.45, 7) is 2.18. The second-order valence-corrected chi connectivity index (χ2v) is 7.65. The fourth-order valence-electron chi connectivity index (χ4n) is 5.03. The molecule has 1 aliphatic heterocycles. The molecule has 3 atom stereocenters. The molecule has 0 radical (unpaired) electrons. The molecule has 5 rings (SSSR count). The highest BCUT2D eigenvalue weighted by Gasteiger charge is 2.53. The number of amides is 2. The van der Waals surface area contributed by atoms with Crippen LogP contribution in [0.25, 0.3) is 10.9 Å². The summed E-state index contributed by atoms with van der Waals surface area (Å²) in [7, 11) is 0. The molecule has 0 saturated carbocycles. The second kappa shape index (κ2) is 6.08. The van der Waals surface area contributed by atoms with Gasteiger partial charge in [-0.15, -0.1) is 0 Å². The molecule has 1 N–H and O–H groups in total. The summed E-state index contributed by atoms with van der Waals surface area (Å²) in [4.78, 5) is 31.5. The molecule has 1 fully saturated rings. The van der Waals surface area contributed by atoms with Gasteiger partial charge in [0, 0.05) is 16.6 Å². The SMILES string of the molecule is CCC[C@H]1C[C@H]2C(=O)N(c3ccccc3)C(=O)[C@H]2c2[nH]c3ccccc3c21. The molecule has 1 aromatic heterocycles. The Bertz CT molecular complexity index is 1040. The van der Waals surface area contributed by atoms with E-state index in [1.165, 1.54) is 15.8 Å². The van der Waals surface area contributed by atoms with Crippen molar-refractivity contribution in [1.82, 2.24) is 4.98 Å². The van der Waals surface area contributed by atoms with Crippen LogP contribution in [0.2, 0.25) is 0 Å². The number of rotatable bonds is 3. The van der Waals surface area contributed by atoms with Crippen molar-refractivity contribution in [2.45, 2.75) is 38.0 Å². The molecule has 4 nitrogen and oxygen atoms in total. The first kappa shape index (κ1) is 16.3. The lowest BCUT2D eigenvalue weighted by Crippen LogP contribution is -2.30. The molecule has 136 valence electrons. The van der Waals surface area contributed by atoms with Crippen molar-refractivity contribution in [2.75, 3.05) is 4.90 Å². The third kappa shape index (κ3) is 2.29. The van der Waals surface area contributed by atoms with Crippen LogP contribution in [0.15, 0.2) is 54.6 Å². The van der Waals surface area contributed by atoms with Gasteiger partial charge in [-0.3, -0.25) is 9.59 Å². The maximum Gasteiger partial charge on any atom is 0.243 e. The maximum atomic E-state index is 13.3. The average Bonchev–Trinajstić information content (AvgIpc) is 3.19. The summed E-state index contributed by atoms with van der Waals surface area (Å²) in [5.41, 5.74) is 3.95. The van der Waals surface area contributed by atoms with Crippen LogP contribution in [0.5, 0.6) is 0 Å². The van der Waals surface area contributed by atoms with E-state index in [2.05, 4.69) is 24.0 Å². The topological polar surface area (TPSA) is 53.2 Å². The minimum absolute atomic E-state index is 0.0541. The number of hydrogen-bond donors (Lipinski definition) is 1. The molecule has 4 heteroatoms. The van der Waals surface area contributed by atoms with E-state index in [1.54, 1.807) is 0 Å². The van der Waals surface area contributed by atoms with Crippen molar-refractivity contribution < 1.29 is 9.59 Å². The number of benzene rings is 2. The Balaban J connectivity index is 1.67. The van der Waals surface area contributed by atoms with Gasteiger partial charge in [0.25, 0.3) is 0 Å². The molecule has 0 bridgehead atoms. The number of carbonyl (C=O) groups is 2. The summed E-state index contributed by atoms with van der Waals surface area (Å²) < 4.78 is 0. The predicted octanol–water partition coefficient (Wildman–Crippen LogP) is 4.73. The highest BCUT2D eigenvalue weighted by atomic mass is 16.2. The minimum Gasteiger partial charge on any atom is -0.357 e. The van der Waals surface area contributed by atoms with Crippen molar-refractivity contribution in [3.63, 3.8) is 0 Å². The highest BCUT2D eigenvalue weighted by Crippen LogP contribution is 2.51. The first-order chi connectivity index (χ1) is 13.2. The van der Waals surface area contributed by atoms with Gasteiger partial charge in [0.05, 0.1) is 17.5 Å². The Morgan fingerprint density at radius 2 is 1.74 bits per heavy atom. The van der Waals surface area contributed by atoms with Crippen molar-refractivity contribution in [2.24, 2.45) is 5.92 Å². The molecule has 3 aromatic rings. The summed E-state index contributed by atoms with van der Waals surface area (Å²) in [5, 5.41) is 1.20. The number of carbonyl (C=O) groups excluding carboxylic acids is 2. The molecule has 0 unspecified atom stereocenters. The van der Waals surface area contributed by atoms with Gasteiger partial charge in [0.2, 0.25) is 11.8 Å². The number of aromatic amines is 1. The van der Waals surface area contributed by atoms with Crippen molar-refractivity contribution >= 4 is 28.4 Å². The summed E-state index contributed by atoms with van der Waals surface area (Å²) in [6.07, 6.45) is 2.84. The third-order valence-electron chi connectivity index (χ3n) is 6.11. The van der Waals surface area contributed by atoms with Crippen LogP contribution in [-0.4, -0.2) is 16.8 Å². The van der Waals surface area contributed by atoms with E-state index in [0.717, 1.165) is 30.5 Å². The minimum atomic E-state index is -0.395. The van der Waals surface area contributed by atoms with Crippen LogP contribution in [0.4, 0.5) is 5.69 Å². The van der Waals surface area contributed by atoms with Gasteiger partial charge in [0.15, 0.2) is 0 Å². The third-order valence-corrected chi connectivity index (χ3v) is 6.11. The molecule has 2 aromatic carbocycles. The number of hydrogen-bond acceptors (Lipinski definition) is 2. The first-order valence-electron chi connectivity index (χ1n) is 9.74. The van der Waals surface area contributed by atoms with Gasteiger partial charge in [-0.2, -0.15) is 0 Å². The number of anilines is 1. The quantitative estimate of drug-likeness (QED) is 0.688. The van der Waals surface area contributed by atoms with Crippen molar-refractivity contribution in [3.05, 3.63) is 65.9 Å². The van der Waals surface area contributed by atoms with E-state index in [0.29, 0.717) is 11.6 Å². The normalized spacial score (nSPS) is 24.3. The van der Waals surface area contributed by atoms with Gasteiger partial charge in [-0.25, -0.2) is 4.90 Å². The van der Waals surface area contributed by atoms with Gasteiger partial charge < -0.3 is 4.98 Å². The lowest BCUT2D eigenvalue weighted by atomic mass is 9.72. The zero-order chi connectivity index (χ0) is 18.5. The number of nitrogens with one attached hydrogen (secondary N) is 1. The average molecular weight is 358 g/mol. The highest BCUT2D eigenvalue weighted by molar-refractivity contribution is 6.24. The van der Waals surface area contributed by atoms with Crippen LogP contribution in [0.3, 0.4) is 0 Å². The number of aromatic nitrogens is 1. The number of fused-ring (bicyclic) bond motifs is 5. The number of imide groups is 1. The fraction of sp³-hybridized carbons (Fsp3) is 0.304. The zero-order valence-electron chi connectivity index (χ0n) is 15.3. The van der Waals surface area contributed by atoms with Gasteiger partial charge in [-0.1, -0.05) is 49.7 Å². The summed E-state index contributed by atoms with van der Waals surface area (Å²) in [5.74, 6) is -0.501. The van der Waals surface area contributed by atoms with E-state index in [-0.39, 0.29) is 17.7 Å². The van der Waals surface area contributed by atoms with Crippen LogP contribution < -0.4 is 4.90 Å². The molecule has 1 aliphatic carbocycles. The van der Waals surface area contributed by atoms with Crippen LogP contribution in [0.1, 0.15) is 49.3 Å². The summed E-state index contributed by atoms with van der Waals surface area (Å²) in [6, 6.07) is 17.5. The lowest BCUT2D eigenvalue weighted by molar-refractivity contribution is -0.122. The van der Waals surface area contributed by atoms with E-state index in [9.17, 15) is 9.59 Å². The smallest absolute Gasteiger partial charge is 0.243 e. The van der Waals surface area contributed by atoms with Gasteiger partial charge >= 0.3 is 0 Å². The Hall–Kier alpha value is -2.88. The molecular weight excluding hydrogens is 336 g/mol. The van der Waals surface area contributed by atoms with Crippen LogP contribution in [0, 0.1) is 5.92 Å². The molecular formula is C23H22N2O2. The second-order valence-electron chi connectivity index (χ2n) is 7.65. The fourth-order valence-corrected chi connectivity index (χ4v) is 5.03. The predicted molar refractivity (Wildman–Crippen MR) is 106 cm³/mol. The Kier molecular flexibility index (Phi) is 3.67. The molecule has 2 amide bonds. The molecule has 27 heavy (non-hydrogen) atoms. The van der Waals surface area contributed by atoms with Gasteiger partial charge in [0.1, 0.15) is 0 Å². The molecule has 2 aliphatic rings. The van der Waals surface area contributed by atoms with Gasteiger partial charge in [-0.05, 0) is 42.5 Å². The number of H-pyrrole nitrogens is 1.